The van der Waals surface area contributed by atoms with Gasteiger partial charge in [-0.25, -0.2) is 0 Å². The Hall–Kier alpha value is -4.38. The zero-order valence-corrected chi connectivity index (χ0v) is 25.3. The molecule has 0 unspecified atom stereocenters. The largest absolute Gasteiger partial charge is 0.496 e. The maximum Gasteiger partial charge on any atom is 0.247 e. The second-order valence-electron chi connectivity index (χ2n) is 11.2. The predicted molar refractivity (Wildman–Crippen MR) is 162 cm³/mol. The molecular weight excluding hydrogens is 550 g/mol. The first-order valence-corrected chi connectivity index (χ1v) is 14.6. The fourth-order valence-electron chi connectivity index (χ4n) is 5.27. The summed E-state index contributed by atoms with van der Waals surface area (Å²) in [5.41, 5.74) is 1.53. The van der Waals surface area contributed by atoms with Crippen LogP contribution >= 0.6 is 0 Å². The highest BCUT2D eigenvalue weighted by atomic mass is 16.5. The number of benzene rings is 2. The minimum atomic E-state index is -1.04. The van der Waals surface area contributed by atoms with E-state index in [0.717, 1.165) is 5.56 Å². The van der Waals surface area contributed by atoms with Crippen molar-refractivity contribution < 1.29 is 28.7 Å². The number of nitrogens with one attached hydrogen (secondary N) is 4. The normalized spacial score (nSPS) is 22.4. The first kappa shape index (κ1) is 31.6. The van der Waals surface area contributed by atoms with E-state index in [1.165, 1.54) is 11.1 Å². The summed E-state index contributed by atoms with van der Waals surface area (Å²) < 4.78 is 11.8. The highest BCUT2D eigenvalue weighted by Gasteiger charge is 2.46. The Kier molecular flexibility index (Phi) is 10.4. The Balaban J connectivity index is 1.71. The van der Waals surface area contributed by atoms with Crippen molar-refractivity contribution in [3.8, 4) is 11.5 Å². The molecule has 11 nitrogen and oxygen atoms in total. The topological polar surface area (TPSA) is 138 Å². The van der Waals surface area contributed by atoms with Gasteiger partial charge in [0.05, 0.1) is 13.2 Å². The number of nitrogens with zero attached hydrogens (tertiary/aromatic N) is 1. The van der Waals surface area contributed by atoms with Gasteiger partial charge in [-0.15, -0.1) is 0 Å². The molecule has 2 aromatic carbocycles. The molecule has 4 rings (SSSR count). The van der Waals surface area contributed by atoms with Crippen LogP contribution in [0.15, 0.2) is 54.7 Å². The number of fused-ring (bicyclic) bond motifs is 3. The number of carbonyl (C=O) groups is 4. The van der Waals surface area contributed by atoms with Crippen molar-refractivity contribution in [2.24, 2.45) is 5.92 Å². The Morgan fingerprint density at radius 2 is 1.84 bits per heavy atom. The second-order valence-corrected chi connectivity index (χ2v) is 11.2. The average molecular weight is 592 g/mol. The van der Waals surface area contributed by atoms with Gasteiger partial charge in [0.15, 0.2) is 0 Å². The molecule has 0 saturated carbocycles. The average Bonchev–Trinajstić information content (AvgIpc) is 3.42. The quantitative estimate of drug-likeness (QED) is 0.366. The summed E-state index contributed by atoms with van der Waals surface area (Å²) in [6, 6.07) is 11.3. The summed E-state index contributed by atoms with van der Waals surface area (Å²) in [6.45, 7) is 5.62. The number of hydrogen-bond donors (Lipinski definition) is 4. The number of likely N-dealkylation sites (tertiary alicyclic amines) is 1. The monoisotopic (exact) mass is 591 g/mol. The van der Waals surface area contributed by atoms with Crippen molar-refractivity contribution in [1.82, 2.24) is 26.2 Å². The molecule has 11 heteroatoms. The molecule has 4 amide bonds. The van der Waals surface area contributed by atoms with Crippen LogP contribution in [0, 0.1) is 5.92 Å². The number of likely N-dealkylation sites (N-methyl/N-ethyl adjacent to an activating group) is 1. The van der Waals surface area contributed by atoms with E-state index in [9.17, 15) is 19.2 Å². The molecule has 1 fully saturated rings. The van der Waals surface area contributed by atoms with Crippen molar-refractivity contribution in [3.63, 3.8) is 0 Å². The lowest BCUT2D eigenvalue weighted by atomic mass is 10.0. The van der Waals surface area contributed by atoms with E-state index in [-0.39, 0.29) is 30.7 Å². The molecule has 2 aliphatic rings. The summed E-state index contributed by atoms with van der Waals surface area (Å²) in [4.78, 5) is 55.7. The molecule has 2 bridgehead atoms. The third-order valence-corrected chi connectivity index (χ3v) is 7.84. The lowest BCUT2D eigenvalue weighted by Crippen LogP contribution is -2.60. The van der Waals surface area contributed by atoms with Gasteiger partial charge in [0.25, 0.3) is 0 Å². The van der Waals surface area contributed by atoms with E-state index in [2.05, 4.69) is 21.3 Å². The van der Waals surface area contributed by atoms with E-state index in [4.69, 9.17) is 9.47 Å². The summed E-state index contributed by atoms with van der Waals surface area (Å²) in [5, 5.41) is 11.4. The van der Waals surface area contributed by atoms with Gasteiger partial charge in [-0.1, -0.05) is 44.2 Å². The van der Waals surface area contributed by atoms with Crippen molar-refractivity contribution in [1.29, 1.82) is 0 Å². The van der Waals surface area contributed by atoms with Crippen LogP contribution in [0.25, 0.3) is 6.08 Å². The SMILES string of the molecule is CN[C@@H](C)C(=O)N[C@H](C(=O)N1CC[C@@H]2Oc3ccc(OC)c(c3)/C=C\NC(=O)[C@@H](Cc3ccccc3)NC(=O)[C@H]21)C(C)C. The molecule has 4 N–H and O–H groups in total. The molecule has 2 aliphatic heterocycles. The zero-order valence-electron chi connectivity index (χ0n) is 25.3. The summed E-state index contributed by atoms with van der Waals surface area (Å²) in [7, 11) is 3.22. The van der Waals surface area contributed by atoms with Crippen LogP contribution in [0.5, 0.6) is 11.5 Å². The van der Waals surface area contributed by atoms with Crippen LogP contribution in [-0.2, 0) is 25.6 Å². The third-order valence-electron chi connectivity index (χ3n) is 7.84. The molecule has 0 aliphatic carbocycles. The minimum absolute atomic E-state index is 0.237. The van der Waals surface area contributed by atoms with Crippen molar-refractivity contribution >= 4 is 29.7 Å². The summed E-state index contributed by atoms with van der Waals surface area (Å²) in [6.07, 6.45) is 3.12. The molecule has 230 valence electrons. The van der Waals surface area contributed by atoms with Crippen molar-refractivity contribution in [2.75, 3.05) is 20.7 Å². The number of hydrogen-bond acceptors (Lipinski definition) is 7. The lowest BCUT2D eigenvalue weighted by molar-refractivity contribution is -0.144. The van der Waals surface area contributed by atoms with Crippen LogP contribution in [0.1, 0.15) is 38.3 Å². The van der Waals surface area contributed by atoms with E-state index >= 15 is 0 Å². The summed E-state index contributed by atoms with van der Waals surface area (Å²) >= 11 is 0. The maximum atomic E-state index is 14.1. The van der Waals surface area contributed by atoms with Crippen molar-refractivity contribution in [3.05, 3.63) is 65.9 Å². The summed E-state index contributed by atoms with van der Waals surface area (Å²) in [5.74, 6) is -0.812. The Morgan fingerprint density at radius 1 is 1.09 bits per heavy atom. The fourth-order valence-corrected chi connectivity index (χ4v) is 5.27. The highest BCUT2D eigenvalue weighted by Crippen LogP contribution is 2.30. The molecule has 1 saturated heterocycles. The zero-order chi connectivity index (χ0) is 31.1. The highest BCUT2D eigenvalue weighted by molar-refractivity contribution is 5.96. The van der Waals surface area contributed by atoms with E-state index in [0.29, 0.717) is 23.5 Å². The first-order valence-electron chi connectivity index (χ1n) is 14.6. The number of ether oxygens (including phenoxy) is 2. The Bertz CT molecular complexity index is 1350. The molecule has 0 radical (unpaired) electrons. The first-order chi connectivity index (χ1) is 20.6. The van der Waals surface area contributed by atoms with Gasteiger partial charge in [-0.3, -0.25) is 19.2 Å². The molecular formula is C32H41N5O6. The molecule has 0 aromatic heterocycles. The van der Waals surface area contributed by atoms with Crippen LogP contribution < -0.4 is 30.7 Å². The Morgan fingerprint density at radius 3 is 2.51 bits per heavy atom. The van der Waals surface area contributed by atoms with Crippen LogP contribution in [0.4, 0.5) is 0 Å². The van der Waals surface area contributed by atoms with Gasteiger partial charge >= 0.3 is 0 Å². The van der Waals surface area contributed by atoms with Gasteiger partial charge in [-0.05, 0) is 49.7 Å². The van der Waals surface area contributed by atoms with Crippen LogP contribution in [-0.4, -0.2) is 79.5 Å². The number of amides is 4. The molecule has 2 heterocycles. The smallest absolute Gasteiger partial charge is 0.247 e. The van der Waals surface area contributed by atoms with Crippen LogP contribution in [0.2, 0.25) is 0 Å². The number of rotatable bonds is 8. The fraction of sp³-hybridized carbons (Fsp3) is 0.438. The number of methoxy groups -OCH3 is 1. The number of carbonyl (C=O) groups excluding carboxylic acids is 4. The standard InChI is InChI=1S/C32H41N5O6/c1-19(2)27(36-29(38)20(3)33-4)32(41)37-16-14-26-28(37)31(40)35-24(17-21-9-7-6-8-10-21)30(39)34-15-13-22-18-23(43-26)11-12-25(22)42-5/h6-13,15,18-20,24,26-28,33H,14,16-17H2,1-5H3,(H,34,39)(H,35,40)(H,36,38)/b15-13-/t20-,24+,26-,27-,28-/m0/s1. The van der Waals surface area contributed by atoms with E-state index in [1.54, 1.807) is 45.4 Å². The van der Waals surface area contributed by atoms with E-state index < -0.39 is 42.1 Å². The molecule has 0 spiro atoms. The second kappa shape index (κ2) is 14.2. The van der Waals surface area contributed by atoms with Gasteiger partial charge in [0.2, 0.25) is 23.6 Å². The Labute approximate surface area is 252 Å². The lowest BCUT2D eigenvalue weighted by Gasteiger charge is -2.33. The minimum Gasteiger partial charge on any atom is -0.496 e. The third kappa shape index (κ3) is 7.53. The maximum absolute atomic E-state index is 14.1. The van der Waals surface area contributed by atoms with Crippen molar-refractivity contribution in [2.45, 2.75) is 63.9 Å². The van der Waals surface area contributed by atoms with Crippen LogP contribution in [0.3, 0.4) is 0 Å². The predicted octanol–water partition coefficient (Wildman–Crippen LogP) is 1.62. The van der Waals surface area contributed by atoms with Gasteiger partial charge in [0.1, 0.15) is 35.7 Å². The van der Waals surface area contributed by atoms with Gasteiger partial charge in [-0.2, -0.15) is 0 Å². The molecule has 2 aromatic rings. The molecule has 43 heavy (non-hydrogen) atoms. The van der Waals surface area contributed by atoms with E-state index in [1.807, 2.05) is 44.2 Å². The van der Waals surface area contributed by atoms with Gasteiger partial charge in [0, 0.05) is 31.1 Å². The molecule has 5 atom stereocenters. The van der Waals surface area contributed by atoms with Gasteiger partial charge < -0.3 is 35.6 Å².